The number of hydrogen-bond donors (Lipinski definition) is 0. The SMILES string of the molecule is Cn1c(-c2ccccn2)nc2cc(-c3ccc4c(c3)nc(-c3ccccn3)n4C)ccc21. The number of pyridine rings is 2. The van der Waals surface area contributed by atoms with Gasteiger partial charge in [-0.3, -0.25) is 9.97 Å². The van der Waals surface area contributed by atoms with Gasteiger partial charge in [-0.05, 0) is 59.7 Å². The van der Waals surface area contributed by atoms with Gasteiger partial charge < -0.3 is 9.13 Å². The van der Waals surface area contributed by atoms with Crippen molar-refractivity contribution in [1.29, 1.82) is 0 Å². The fraction of sp³-hybridized carbons (Fsp3) is 0.0769. The van der Waals surface area contributed by atoms with Gasteiger partial charge in [0.2, 0.25) is 0 Å². The van der Waals surface area contributed by atoms with E-state index in [2.05, 4.69) is 55.5 Å². The third-order valence-electron chi connectivity index (χ3n) is 5.88. The Kier molecular flexibility index (Phi) is 4.11. The van der Waals surface area contributed by atoms with Crippen molar-refractivity contribution >= 4 is 22.1 Å². The third-order valence-corrected chi connectivity index (χ3v) is 5.88. The maximum absolute atomic E-state index is 4.86. The molecular formula is C26H20N6. The lowest BCUT2D eigenvalue weighted by Crippen LogP contribution is -1.94. The van der Waals surface area contributed by atoms with Gasteiger partial charge in [-0.15, -0.1) is 0 Å². The average Bonchev–Trinajstić information content (AvgIpc) is 3.36. The smallest absolute Gasteiger partial charge is 0.159 e. The van der Waals surface area contributed by atoms with E-state index in [-0.39, 0.29) is 0 Å². The highest BCUT2D eigenvalue weighted by Gasteiger charge is 2.14. The summed E-state index contributed by atoms with van der Waals surface area (Å²) >= 11 is 0. The molecule has 4 heterocycles. The molecule has 0 atom stereocenters. The first kappa shape index (κ1) is 18.4. The van der Waals surface area contributed by atoms with Crippen LogP contribution >= 0.6 is 0 Å². The molecule has 2 aromatic carbocycles. The number of hydrogen-bond acceptors (Lipinski definition) is 4. The van der Waals surface area contributed by atoms with Crippen LogP contribution in [0.1, 0.15) is 0 Å². The Morgan fingerprint density at radius 1 is 0.562 bits per heavy atom. The van der Waals surface area contributed by atoms with Crippen molar-refractivity contribution in [1.82, 2.24) is 29.1 Å². The normalized spacial score (nSPS) is 11.4. The largest absolute Gasteiger partial charge is 0.326 e. The molecule has 6 nitrogen and oxygen atoms in total. The molecule has 4 aromatic heterocycles. The number of aromatic nitrogens is 6. The van der Waals surface area contributed by atoms with E-state index in [1.807, 2.05) is 50.5 Å². The zero-order chi connectivity index (χ0) is 21.7. The van der Waals surface area contributed by atoms with Crippen molar-refractivity contribution in [2.45, 2.75) is 0 Å². The molecular weight excluding hydrogens is 396 g/mol. The number of benzene rings is 2. The van der Waals surface area contributed by atoms with Gasteiger partial charge in [0.1, 0.15) is 11.4 Å². The monoisotopic (exact) mass is 416 g/mol. The van der Waals surface area contributed by atoms with E-state index < -0.39 is 0 Å². The molecule has 6 rings (SSSR count). The molecule has 0 N–H and O–H groups in total. The summed E-state index contributed by atoms with van der Waals surface area (Å²) in [6.45, 7) is 0. The van der Waals surface area contributed by atoms with Crippen molar-refractivity contribution in [3.63, 3.8) is 0 Å². The Hall–Kier alpha value is -4.32. The molecule has 32 heavy (non-hydrogen) atoms. The topological polar surface area (TPSA) is 61.4 Å². The van der Waals surface area contributed by atoms with Gasteiger partial charge in [-0.2, -0.15) is 0 Å². The molecule has 0 unspecified atom stereocenters. The number of fused-ring (bicyclic) bond motifs is 2. The zero-order valence-corrected chi connectivity index (χ0v) is 17.8. The van der Waals surface area contributed by atoms with Crippen LogP contribution in [0.3, 0.4) is 0 Å². The lowest BCUT2D eigenvalue weighted by Gasteiger charge is -2.04. The lowest BCUT2D eigenvalue weighted by atomic mass is 10.0. The average molecular weight is 416 g/mol. The number of imidazole rings is 2. The van der Waals surface area contributed by atoms with Crippen molar-refractivity contribution in [2.75, 3.05) is 0 Å². The predicted molar refractivity (Wildman–Crippen MR) is 127 cm³/mol. The molecule has 0 bridgehead atoms. The minimum atomic E-state index is 0.859. The first-order valence-electron chi connectivity index (χ1n) is 10.5. The summed E-state index contributed by atoms with van der Waals surface area (Å²) < 4.78 is 4.17. The van der Waals surface area contributed by atoms with Gasteiger partial charge in [0, 0.05) is 26.5 Å². The van der Waals surface area contributed by atoms with Crippen LogP contribution in [0.4, 0.5) is 0 Å². The molecule has 154 valence electrons. The highest BCUT2D eigenvalue weighted by Crippen LogP contribution is 2.30. The van der Waals surface area contributed by atoms with Crippen LogP contribution in [0, 0.1) is 0 Å². The van der Waals surface area contributed by atoms with E-state index in [0.29, 0.717) is 0 Å². The van der Waals surface area contributed by atoms with E-state index in [4.69, 9.17) is 9.97 Å². The molecule has 6 aromatic rings. The molecule has 6 heteroatoms. The Morgan fingerprint density at radius 2 is 1.03 bits per heavy atom. The summed E-state index contributed by atoms with van der Waals surface area (Å²) in [4.78, 5) is 18.6. The molecule has 0 saturated carbocycles. The quantitative estimate of drug-likeness (QED) is 0.395. The molecule has 0 amide bonds. The van der Waals surface area contributed by atoms with E-state index in [9.17, 15) is 0 Å². The Balaban J connectivity index is 1.45. The maximum Gasteiger partial charge on any atom is 0.159 e. The van der Waals surface area contributed by atoms with Crippen molar-refractivity contribution < 1.29 is 0 Å². The molecule has 0 fully saturated rings. The van der Waals surface area contributed by atoms with E-state index in [1.165, 1.54) is 0 Å². The van der Waals surface area contributed by atoms with Crippen molar-refractivity contribution in [3.05, 3.63) is 85.2 Å². The van der Waals surface area contributed by atoms with Gasteiger partial charge in [0.05, 0.1) is 22.1 Å². The van der Waals surface area contributed by atoms with Crippen molar-refractivity contribution in [2.24, 2.45) is 14.1 Å². The summed E-state index contributed by atoms with van der Waals surface area (Å²) in [5.74, 6) is 1.72. The fourth-order valence-electron chi connectivity index (χ4n) is 4.21. The fourth-order valence-corrected chi connectivity index (χ4v) is 4.21. The van der Waals surface area contributed by atoms with Crippen LogP contribution < -0.4 is 0 Å². The maximum atomic E-state index is 4.86. The van der Waals surface area contributed by atoms with Crippen LogP contribution in [-0.4, -0.2) is 29.1 Å². The first-order valence-corrected chi connectivity index (χ1v) is 10.5. The molecule has 0 aliphatic carbocycles. The molecule has 0 spiro atoms. The van der Waals surface area contributed by atoms with E-state index in [1.54, 1.807) is 12.4 Å². The van der Waals surface area contributed by atoms with Gasteiger partial charge in [0.25, 0.3) is 0 Å². The van der Waals surface area contributed by atoms with E-state index in [0.717, 1.165) is 56.2 Å². The second-order valence-corrected chi connectivity index (χ2v) is 7.83. The van der Waals surface area contributed by atoms with Gasteiger partial charge in [-0.25, -0.2) is 9.97 Å². The second kappa shape index (κ2) is 7.13. The van der Waals surface area contributed by atoms with Crippen LogP contribution in [-0.2, 0) is 14.1 Å². The number of nitrogens with zero attached hydrogens (tertiary/aromatic N) is 6. The Morgan fingerprint density at radius 3 is 1.44 bits per heavy atom. The first-order chi connectivity index (χ1) is 15.7. The van der Waals surface area contributed by atoms with E-state index >= 15 is 0 Å². The summed E-state index contributed by atoms with van der Waals surface area (Å²) in [6, 6.07) is 24.5. The Bertz CT molecular complexity index is 1460. The van der Waals surface area contributed by atoms with Crippen molar-refractivity contribution in [3.8, 4) is 34.2 Å². The summed E-state index contributed by atoms with van der Waals surface area (Å²) in [6.07, 6.45) is 3.59. The second-order valence-electron chi connectivity index (χ2n) is 7.83. The van der Waals surface area contributed by atoms with Gasteiger partial charge >= 0.3 is 0 Å². The zero-order valence-electron chi connectivity index (χ0n) is 17.8. The lowest BCUT2D eigenvalue weighted by molar-refractivity contribution is 0.950. The standard InChI is InChI=1S/C26H20N6/c1-31-23-11-9-17(15-21(23)29-25(31)19-7-3-5-13-27-19)18-10-12-24-22(16-18)30-26(32(24)2)20-8-4-6-14-28-20/h3-16H,1-2H3. The Labute approximate surface area is 184 Å². The predicted octanol–water partition coefficient (Wildman–Crippen LogP) is 5.25. The number of aryl methyl sites for hydroxylation is 2. The highest BCUT2D eigenvalue weighted by atomic mass is 15.1. The minimum Gasteiger partial charge on any atom is -0.326 e. The summed E-state index contributed by atoms with van der Waals surface area (Å²) in [5.41, 5.74) is 7.98. The summed E-state index contributed by atoms with van der Waals surface area (Å²) in [5, 5.41) is 0. The van der Waals surface area contributed by atoms with Crippen LogP contribution in [0.2, 0.25) is 0 Å². The molecule has 0 saturated heterocycles. The summed E-state index contributed by atoms with van der Waals surface area (Å²) in [7, 11) is 4.05. The van der Waals surface area contributed by atoms with Crippen LogP contribution in [0.25, 0.3) is 56.2 Å². The van der Waals surface area contributed by atoms with Crippen LogP contribution in [0.15, 0.2) is 85.2 Å². The third kappa shape index (κ3) is 2.88. The van der Waals surface area contributed by atoms with Gasteiger partial charge in [0.15, 0.2) is 11.6 Å². The highest BCUT2D eigenvalue weighted by molar-refractivity contribution is 5.89. The molecule has 0 radical (unpaired) electrons. The molecule has 0 aliphatic heterocycles. The number of rotatable bonds is 3. The van der Waals surface area contributed by atoms with Gasteiger partial charge in [-0.1, -0.05) is 24.3 Å². The molecule has 0 aliphatic rings. The minimum absolute atomic E-state index is 0.859. The van der Waals surface area contributed by atoms with Crippen LogP contribution in [0.5, 0.6) is 0 Å².